The van der Waals surface area contributed by atoms with Gasteiger partial charge >= 0.3 is 5.97 Å². The molecule has 0 fully saturated rings. The number of allylic oxidation sites excluding steroid dienone is 2. The topological polar surface area (TPSA) is 67.4 Å². The van der Waals surface area contributed by atoms with Crippen LogP contribution in [0.15, 0.2) is 53.5 Å². The lowest BCUT2D eigenvalue weighted by Crippen LogP contribution is -2.02. The maximum absolute atomic E-state index is 12.4. The summed E-state index contributed by atoms with van der Waals surface area (Å²) in [5, 5.41) is 12.0. The van der Waals surface area contributed by atoms with Gasteiger partial charge in [-0.2, -0.15) is 5.26 Å². The molecular formula is C26H23N3O2S. The molecule has 0 radical (unpaired) electrons. The first-order chi connectivity index (χ1) is 15.5. The Morgan fingerprint density at radius 2 is 1.97 bits per heavy atom. The van der Waals surface area contributed by atoms with Gasteiger partial charge in [0.05, 0.1) is 18.7 Å². The number of carbonyl (C=O) groups is 1. The Morgan fingerprint density at radius 3 is 2.69 bits per heavy atom. The lowest BCUT2D eigenvalue weighted by atomic mass is 10.1. The number of esters is 1. The molecule has 0 N–H and O–H groups in total. The Morgan fingerprint density at radius 1 is 1.22 bits per heavy atom. The smallest absolute Gasteiger partial charge is 0.341 e. The van der Waals surface area contributed by atoms with Crippen molar-refractivity contribution in [2.75, 3.05) is 7.11 Å². The van der Waals surface area contributed by atoms with Crippen molar-refractivity contribution in [1.29, 1.82) is 5.26 Å². The van der Waals surface area contributed by atoms with E-state index < -0.39 is 5.97 Å². The maximum Gasteiger partial charge on any atom is 0.341 e. The number of aromatic nitrogens is 1. The molecule has 0 aliphatic rings. The molecule has 2 heterocycles. The number of rotatable bonds is 5. The van der Waals surface area contributed by atoms with E-state index in [4.69, 9.17) is 10.00 Å². The first-order valence-electron chi connectivity index (χ1n) is 10.3. The highest BCUT2D eigenvalue weighted by molar-refractivity contribution is 7.17. The summed E-state index contributed by atoms with van der Waals surface area (Å²) in [6.07, 6.45) is 3.26. The van der Waals surface area contributed by atoms with Crippen LogP contribution >= 0.6 is 11.3 Å². The van der Waals surface area contributed by atoms with E-state index in [1.165, 1.54) is 46.3 Å². The molecule has 0 aliphatic carbocycles. The van der Waals surface area contributed by atoms with Crippen LogP contribution in [0.1, 0.15) is 40.2 Å². The highest BCUT2D eigenvalue weighted by Crippen LogP contribution is 2.39. The molecule has 0 amide bonds. The third-order valence-corrected chi connectivity index (χ3v) is 6.94. The van der Waals surface area contributed by atoms with Crippen LogP contribution in [0.2, 0.25) is 0 Å². The first kappa shape index (κ1) is 21.5. The van der Waals surface area contributed by atoms with Crippen molar-refractivity contribution in [3.8, 4) is 6.07 Å². The summed E-state index contributed by atoms with van der Waals surface area (Å²) in [4.78, 5) is 18.0. The average Bonchev–Trinajstić information content (AvgIpc) is 3.31. The second-order valence-electron chi connectivity index (χ2n) is 7.48. The molecule has 32 heavy (non-hydrogen) atoms. The molecule has 0 atom stereocenters. The van der Waals surface area contributed by atoms with E-state index in [0.29, 0.717) is 10.6 Å². The van der Waals surface area contributed by atoms with Crippen molar-refractivity contribution >= 4 is 55.9 Å². The monoisotopic (exact) mass is 441 g/mol. The fraction of sp³-hybridized carbons (Fsp3) is 0.192. The van der Waals surface area contributed by atoms with E-state index in [2.05, 4.69) is 52.9 Å². The predicted molar refractivity (Wildman–Crippen MR) is 132 cm³/mol. The van der Waals surface area contributed by atoms with Crippen molar-refractivity contribution in [3.63, 3.8) is 0 Å². The normalized spacial score (nSPS) is 12.0. The molecule has 0 saturated heterocycles. The molecule has 4 aromatic rings. The van der Waals surface area contributed by atoms with Gasteiger partial charge in [0.15, 0.2) is 0 Å². The number of ether oxygens (including phenoxy) is 1. The van der Waals surface area contributed by atoms with E-state index >= 15 is 0 Å². The van der Waals surface area contributed by atoms with Crippen LogP contribution in [-0.4, -0.2) is 23.9 Å². The molecule has 0 unspecified atom stereocenters. The minimum absolute atomic E-state index is 0.427. The summed E-state index contributed by atoms with van der Waals surface area (Å²) < 4.78 is 7.30. The van der Waals surface area contributed by atoms with Gasteiger partial charge in [-0.25, -0.2) is 9.79 Å². The number of thiophene rings is 1. The van der Waals surface area contributed by atoms with E-state index in [0.717, 1.165) is 28.1 Å². The first-order valence-corrected chi connectivity index (χ1v) is 11.1. The molecule has 5 nitrogen and oxygen atoms in total. The van der Waals surface area contributed by atoms with Gasteiger partial charge in [0.25, 0.3) is 0 Å². The summed E-state index contributed by atoms with van der Waals surface area (Å²) in [7, 11) is 1.36. The Bertz CT molecular complexity index is 1450. The van der Waals surface area contributed by atoms with E-state index in [-0.39, 0.29) is 0 Å². The zero-order valence-corrected chi connectivity index (χ0v) is 19.3. The van der Waals surface area contributed by atoms with Crippen molar-refractivity contribution in [2.45, 2.75) is 27.3 Å². The van der Waals surface area contributed by atoms with E-state index in [9.17, 15) is 4.79 Å². The predicted octanol–water partition coefficient (Wildman–Crippen LogP) is 6.65. The van der Waals surface area contributed by atoms with Crippen LogP contribution in [-0.2, 0) is 11.3 Å². The SMILES string of the molecule is CCn1c2ccccc2c2cc(/C=N/c3sc(/C(C)=C\C#N)c(C)c3C(=O)OC)ccc21. The quantitative estimate of drug-likeness (QED) is 0.198. The Balaban J connectivity index is 1.82. The Kier molecular flexibility index (Phi) is 5.93. The van der Waals surface area contributed by atoms with Gasteiger partial charge in [-0.15, -0.1) is 11.3 Å². The molecule has 0 aliphatic heterocycles. The summed E-state index contributed by atoms with van der Waals surface area (Å²) in [5.41, 5.74) is 5.37. The van der Waals surface area contributed by atoms with Crippen molar-refractivity contribution in [2.24, 2.45) is 4.99 Å². The second-order valence-corrected chi connectivity index (χ2v) is 8.48. The Labute approximate surface area is 190 Å². The molecule has 6 heteroatoms. The molecule has 2 aromatic heterocycles. The minimum atomic E-state index is -0.427. The number of methoxy groups -OCH3 is 1. The second kappa shape index (κ2) is 8.81. The van der Waals surface area contributed by atoms with Gasteiger partial charge in [-0.3, -0.25) is 0 Å². The number of fused-ring (bicyclic) bond motifs is 3. The number of nitriles is 1. The molecule has 0 bridgehead atoms. The van der Waals surface area contributed by atoms with Crippen LogP contribution in [0.5, 0.6) is 0 Å². The van der Waals surface area contributed by atoms with Crippen LogP contribution in [0.4, 0.5) is 5.00 Å². The molecule has 4 rings (SSSR count). The Hall–Kier alpha value is -3.69. The van der Waals surface area contributed by atoms with Crippen LogP contribution in [0.3, 0.4) is 0 Å². The fourth-order valence-corrected chi connectivity index (χ4v) is 5.21. The fourth-order valence-electron chi connectivity index (χ4n) is 4.10. The summed E-state index contributed by atoms with van der Waals surface area (Å²) in [6.45, 7) is 6.76. The van der Waals surface area contributed by atoms with E-state index in [1.54, 1.807) is 6.21 Å². The maximum atomic E-state index is 12.4. The van der Waals surface area contributed by atoms with Crippen molar-refractivity contribution < 1.29 is 9.53 Å². The van der Waals surface area contributed by atoms with Crippen LogP contribution < -0.4 is 0 Å². The third-order valence-electron chi connectivity index (χ3n) is 5.60. The van der Waals surface area contributed by atoms with E-state index in [1.807, 2.05) is 26.0 Å². The number of carbonyl (C=O) groups excluding carboxylic acids is 1. The molecule has 2 aromatic carbocycles. The number of aryl methyl sites for hydroxylation is 1. The summed E-state index contributed by atoms with van der Waals surface area (Å²) >= 11 is 1.39. The minimum Gasteiger partial charge on any atom is -0.465 e. The van der Waals surface area contributed by atoms with Crippen molar-refractivity contribution in [1.82, 2.24) is 4.57 Å². The number of para-hydroxylation sites is 1. The number of hydrogen-bond donors (Lipinski definition) is 0. The molecular weight excluding hydrogens is 418 g/mol. The van der Waals surface area contributed by atoms with Gasteiger partial charge in [-0.1, -0.05) is 24.3 Å². The molecule has 0 saturated carbocycles. The van der Waals surface area contributed by atoms with Crippen LogP contribution in [0.25, 0.3) is 27.4 Å². The zero-order chi connectivity index (χ0) is 22.8. The third kappa shape index (κ3) is 3.61. The highest BCUT2D eigenvalue weighted by Gasteiger charge is 2.22. The summed E-state index contributed by atoms with van der Waals surface area (Å²) in [5.74, 6) is -0.427. The summed E-state index contributed by atoms with van der Waals surface area (Å²) in [6, 6.07) is 16.7. The number of benzene rings is 2. The van der Waals surface area contributed by atoms with Gasteiger partial charge in [0, 0.05) is 45.5 Å². The van der Waals surface area contributed by atoms with Gasteiger partial charge < -0.3 is 9.30 Å². The lowest BCUT2D eigenvalue weighted by Gasteiger charge is -2.03. The lowest BCUT2D eigenvalue weighted by molar-refractivity contribution is 0.0601. The van der Waals surface area contributed by atoms with Gasteiger partial charge in [0.2, 0.25) is 0 Å². The number of hydrogen-bond acceptors (Lipinski definition) is 5. The molecule has 0 spiro atoms. The number of nitrogens with zero attached hydrogens (tertiary/aromatic N) is 3. The molecule has 160 valence electrons. The van der Waals surface area contributed by atoms with Gasteiger partial charge in [-0.05, 0) is 55.7 Å². The van der Waals surface area contributed by atoms with Crippen molar-refractivity contribution in [3.05, 3.63) is 70.1 Å². The van der Waals surface area contributed by atoms with Crippen LogP contribution in [0, 0.1) is 18.3 Å². The highest BCUT2D eigenvalue weighted by atomic mass is 32.1. The zero-order valence-electron chi connectivity index (χ0n) is 18.5. The van der Waals surface area contributed by atoms with Gasteiger partial charge in [0.1, 0.15) is 5.00 Å². The average molecular weight is 442 g/mol. The number of aliphatic imine (C=N–C) groups is 1. The largest absolute Gasteiger partial charge is 0.465 e. The standard InChI is InChI=1S/C26H23N3O2S/c1-5-29-21-9-7-6-8-19(21)20-14-18(10-11-22(20)29)15-28-25-23(26(30)31-4)17(3)24(32-25)16(2)12-13-27/h6-12,14-15H,5H2,1-4H3/b16-12-,28-15+.